The molecular formula is C19H27ClN4O7. The fourth-order valence-corrected chi connectivity index (χ4v) is 3.35. The first-order chi connectivity index (χ1) is 13.8. The largest absolute Gasteiger partial charge is 0.503 e. The van der Waals surface area contributed by atoms with Crippen molar-refractivity contribution in [3.05, 3.63) is 40.9 Å². The van der Waals surface area contributed by atoms with Crippen LogP contribution in [0.1, 0.15) is 30.0 Å². The van der Waals surface area contributed by atoms with E-state index in [1.165, 1.54) is 5.69 Å². The molecular weight excluding hydrogens is 432 g/mol. The van der Waals surface area contributed by atoms with Gasteiger partial charge in [-0.25, -0.2) is 9.59 Å². The van der Waals surface area contributed by atoms with Gasteiger partial charge in [0.15, 0.2) is 0 Å². The molecule has 0 fully saturated rings. The normalized spacial score (nSPS) is 12.7. The number of aromatic nitrogens is 2. The summed E-state index contributed by atoms with van der Waals surface area (Å²) in [7, 11) is 3.56. The minimum atomic E-state index is -1.83. The quantitative estimate of drug-likeness (QED) is 0.441. The first kappa shape index (κ1) is 27.7. The Bertz CT molecular complexity index is 921. The van der Waals surface area contributed by atoms with Gasteiger partial charge in [-0.3, -0.25) is 9.78 Å². The first-order valence-corrected chi connectivity index (χ1v) is 9.02. The van der Waals surface area contributed by atoms with Crippen LogP contribution in [0, 0.1) is 5.41 Å². The second-order valence-electron chi connectivity index (χ2n) is 7.44. The lowest BCUT2D eigenvalue weighted by Crippen LogP contribution is -2.25. The predicted molar refractivity (Wildman–Crippen MR) is 115 cm³/mol. The van der Waals surface area contributed by atoms with E-state index in [1.54, 1.807) is 31.4 Å². The van der Waals surface area contributed by atoms with E-state index in [-0.39, 0.29) is 17.5 Å². The minimum absolute atomic E-state index is 0. The van der Waals surface area contributed by atoms with Gasteiger partial charge in [0.1, 0.15) is 5.69 Å². The zero-order chi connectivity index (χ0) is 23.2. The number of fused-ring (bicyclic) bond motifs is 1. The summed E-state index contributed by atoms with van der Waals surface area (Å²) in [4.78, 5) is 35.3. The zero-order valence-electron chi connectivity index (χ0n) is 17.7. The molecule has 0 spiro atoms. The fourth-order valence-electron chi connectivity index (χ4n) is 3.13. The summed E-state index contributed by atoms with van der Waals surface area (Å²) in [5.41, 5.74) is 4.04. The van der Waals surface area contributed by atoms with Crippen LogP contribution in [-0.2, 0) is 13.0 Å². The maximum atomic E-state index is 12.5. The Balaban J connectivity index is 0.000000867. The molecule has 12 heteroatoms. The van der Waals surface area contributed by atoms with Crippen LogP contribution in [0.5, 0.6) is 0 Å². The van der Waals surface area contributed by atoms with Crippen LogP contribution in [0.3, 0.4) is 0 Å². The van der Waals surface area contributed by atoms with Crippen LogP contribution in [0.2, 0.25) is 5.02 Å². The van der Waals surface area contributed by atoms with Crippen LogP contribution in [-0.4, -0.2) is 67.2 Å². The molecule has 7 N–H and O–H groups in total. The summed E-state index contributed by atoms with van der Waals surface area (Å²) in [6, 6.07) is 3.88. The Morgan fingerprint density at radius 3 is 2.06 bits per heavy atom. The molecule has 0 bridgehead atoms. The lowest BCUT2D eigenvalue weighted by Gasteiger charge is -2.17. The van der Waals surface area contributed by atoms with Crippen molar-refractivity contribution < 1.29 is 34.8 Å². The molecule has 2 aromatic rings. The topological polar surface area (TPSA) is 188 Å². The van der Waals surface area contributed by atoms with Gasteiger partial charge in [0.05, 0.1) is 5.02 Å². The zero-order valence-corrected chi connectivity index (χ0v) is 18.4. The van der Waals surface area contributed by atoms with Crippen molar-refractivity contribution in [3.63, 3.8) is 0 Å². The number of carbonyl (C=O) groups is 3. The third kappa shape index (κ3) is 7.79. The smallest absolute Gasteiger partial charge is 0.450 e. The number of carboxylic acid groups (broad SMARTS) is 4. The van der Waals surface area contributed by atoms with Crippen molar-refractivity contribution in [2.24, 2.45) is 5.41 Å². The van der Waals surface area contributed by atoms with Gasteiger partial charge < -0.3 is 36.0 Å². The van der Waals surface area contributed by atoms with Crippen LogP contribution in [0.25, 0.3) is 11.1 Å². The predicted octanol–water partition coefficient (Wildman–Crippen LogP) is 4.09. The van der Waals surface area contributed by atoms with Gasteiger partial charge >= 0.3 is 12.3 Å². The Labute approximate surface area is 184 Å². The average molecular weight is 459 g/mol. The molecule has 3 heterocycles. The molecule has 0 saturated heterocycles. The molecule has 11 nitrogen and oxygen atoms in total. The highest BCUT2D eigenvalue weighted by molar-refractivity contribution is 6.33. The summed E-state index contributed by atoms with van der Waals surface area (Å²) in [6.07, 6.45) is 0.648. The monoisotopic (exact) mass is 458 g/mol. The van der Waals surface area contributed by atoms with Crippen molar-refractivity contribution in [2.75, 3.05) is 14.1 Å². The number of pyridine rings is 1. The van der Waals surface area contributed by atoms with Gasteiger partial charge in [-0.15, -0.1) is 0 Å². The minimum Gasteiger partial charge on any atom is -0.450 e. The molecule has 1 amide bonds. The van der Waals surface area contributed by atoms with Gasteiger partial charge in [-0.05, 0) is 24.0 Å². The first-order valence-electron chi connectivity index (χ1n) is 8.64. The van der Waals surface area contributed by atoms with Crippen LogP contribution in [0.4, 0.5) is 9.59 Å². The van der Waals surface area contributed by atoms with E-state index in [0.29, 0.717) is 5.02 Å². The van der Waals surface area contributed by atoms with E-state index in [1.807, 2.05) is 12.1 Å². The number of hydrogen-bond acceptors (Lipinski definition) is 5. The third-order valence-electron chi connectivity index (χ3n) is 4.13. The molecule has 0 aromatic carbocycles. The van der Waals surface area contributed by atoms with E-state index in [2.05, 4.69) is 23.4 Å². The van der Waals surface area contributed by atoms with Gasteiger partial charge in [-0.2, -0.15) is 0 Å². The summed E-state index contributed by atoms with van der Waals surface area (Å²) in [6.45, 7) is 5.30. The van der Waals surface area contributed by atoms with Crippen LogP contribution >= 0.6 is 11.6 Å². The average Bonchev–Trinajstić information content (AvgIpc) is 3.06. The number of rotatable bonds is 2. The molecule has 31 heavy (non-hydrogen) atoms. The van der Waals surface area contributed by atoms with Crippen LogP contribution in [0.15, 0.2) is 24.5 Å². The Morgan fingerprint density at radius 1 is 1.10 bits per heavy atom. The van der Waals surface area contributed by atoms with Gasteiger partial charge in [0.25, 0.3) is 5.91 Å². The highest BCUT2D eigenvalue weighted by Gasteiger charge is 2.35. The molecule has 1 aliphatic rings. The fraction of sp³-hybridized carbons (Fsp3) is 0.368. The molecule has 2 aromatic heterocycles. The van der Waals surface area contributed by atoms with Gasteiger partial charge in [0.2, 0.25) is 0 Å². The number of hydrogen-bond donors (Lipinski definition) is 5. The Kier molecular flexibility index (Phi) is 9.99. The maximum Gasteiger partial charge on any atom is 0.503 e. The standard InChI is InChI=1S/C17H20ClN3O.2CH2O3.H3N/c1-17(2)8-15-12(11-5-6-19-9-13(11)18)7-14(21(15)10-17)16(22)20(3)4;2*2-1(3)4;/h5-7,9H,8,10H2,1-4H3;2*(H2,2,3,4);1H3. The number of carbonyl (C=O) groups excluding carboxylic acids is 1. The molecule has 0 saturated carbocycles. The number of nitrogens with zero attached hydrogens (tertiary/aromatic N) is 3. The molecule has 1 aliphatic heterocycles. The Hall–Kier alpha value is -3.31. The van der Waals surface area contributed by atoms with E-state index in [4.69, 9.17) is 41.6 Å². The van der Waals surface area contributed by atoms with Gasteiger partial charge in [0, 0.05) is 49.9 Å². The van der Waals surface area contributed by atoms with Crippen molar-refractivity contribution in [1.82, 2.24) is 20.6 Å². The summed E-state index contributed by atoms with van der Waals surface area (Å²) < 4.78 is 2.15. The second kappa shape index (κ2) is 11.2. The summed E-state index contributed by atoms with van der Waals surface area (Å²) in [5, 5.41) is 28.5. The van der Waals surface area contributed by atoms with Crippen molar-refractivity contribution in [1.29, 1.82) is 0 Å². The second-order valence-corrected chi connectivity index (χ2v) is 7.84. The third-order valence-corrected chi connectivity index (χ3v) is 4.43. The number of halogens is 1. The molecule has 3 rings (SSSR count). The number of amides is 1. The highest BCUT2D eigenvalue weighted by atomic mass is 35.5. The van der Waals surface area contributed by atoms with Crippen molar-refractivity contribution >= 4 is 29.8 Å². The molecule has 0 aliphatic carbocycles. The molecule has 0 unspecified atom stereocenters. The molecule has 0 radical (unpaired) electrons. The summed E-state index contributed by atoms with van der Waals surface area (Å²) in [5.74, 6) is 0.0235. The van der Waals surface area contributed by atoms with E-state index >= 15 is 0 Å². The highest BCUT2D eigenvalue weighted by Crippen LogP contribution is 2.41. The Morgan fingerprint density at radius 2 is 1.61 bits per heavy atom. The van der Waals surface area contributed by atoms with Gasteiger partial charge in [-0.1, -0.05) is 25.4 Å². The SMILES string of the molecule is CN(C)C(=O)c1cc(-c2ccncc2Cl)c2n1CC(C)(C)C2.N.O=C(O)O.O=C(O)O. The van der Waals surface area contributed by atoms with E-state index in [9.17, 15) is 4.79 Å². The maximum absolute atomic E-state index is 12.5. The lowest BCUT2D eigenvalue weighted by molar-refractivity contribution is 0.0816. The summed E-state index contributed by atoms with van der Waals surface area (Å²) >= 11 is 6.32. The van der Waals surface area contributed by atoms with E-state index < -0.39 is 12.3 Å². The lowest BCUT2D eigenvalue weighted by atomic mass is 9.89. The van der Waals surface area contributed by atoms with Crippen molar-refractivity contribution in [3.8, 4) is 11.1 Å². The van der Waals surface area contributed by atoms with Crippen LogP contribution < -0.4 is 6.15 Å². The molecule has 0 atom stereocenters. The van der Waals surface area contributed by atoms with E-state index in [0.717, 1.165) is 29.8 Å². The molecule has 172 valence electrons. The van der Waals surface area contributed by atoms with Crippen molar-refractivity contribution in [2.45, 2.75) is 26.8 Å².